The molecule has 104 valence electrons. The van der Waals surface area contributed by atoms with Crippen molar-refractivity contribution < 1.29 is 9.13 Å². The van der Waals surface area contributed by atoms with E-state index in [0.29, 0.717) is 0 Å². The summed E-state index contributed by atoms with van der Waals surface area (Å²) in [6.07, 6.45) is 1.91. The van der Waals surface area contributed by atoms with E-state index in [1.807, 2.05) is 6.07 Å². The number of hydrogen-bond acceptors (Lipinski definition) is 3. The number of hydrogen-bond donors (Lipinski definition) is 1. The molecule has 3 nitrogen and oxygen atoms in total. The van der Waals surface area contributed by atoms with Gasteiger partial charge in [-0.05, 0) is 30.5 Å². The summed E-state index contributed by atoms with van der Waals surface area (Å²) < 4.78 is 19.1. The Hall–Kier alpha value is -0.970. The molecule has 0 unspecified atom stereocenters. The molecule has 19 heavy (non-hydrogen) atoms. The maximum absolute atomic E-state index is 13.6. The highest BCUT2D eigenvalue weighted by Crippen LogP contribution is 2.38. The average molecular weight is 264 g/mol. The SMILES string of the molecule is Fc1cccc(C2(N3CCNCC3)CCOCC2)c1. The summed E-state index contributed by atoms with van der Waals surface area (Å²) in [6, 6.07) is 7.11. The van der Waals surface area contributed by atoms with Gasteiger partial charge in [0.25, 0.3) is 0 Å². The van der Waals surface area contributed by atoms with E-state index in [1.54, 1.807) is 6.07 Å². The first-order chi connectivity index (χ1) is 9.31. The normalized spacial score (nSPS) is 24.3. The summed E-state index contributed by atoms with van der Waals surface area (Å²) in [5.74, 6) is -0.140. The second-order valence-electron chi connectivity index (χ2n) is 5.39. The number of nitrogens with one attached hydrogen (secondary N) is 1. The Bertz CT molecular complexity index is 426. The van der Waals surface area contributed by atoms with Gasteiger partial charge in [-0.15, -0.1) is 0 Å². The summed E-state index contributed by atoms with van der Waals surface area (Å²) >= 11 is 0. The first kappa shape index (κ1) is 13.0. The van der Waals surface area contributed by atoms with Gasteiger partial charge in [0.1, 0.15) is 5.82 Å². The predicted molar refractivity (Wildman–Crippen MR) is 72.6 cm³/mol. The fourth-order valence-electron chi connectivity index (χ4n) is 3.37. The second kappa shape index (κ2) is 5.57. The van der Waals surface area contributed by atoms with Crippen LogP contribution in [0.4, 0.5) is 4.39 Å². The molecule has 3 rings (SSSR count). The Morgan fingerprint density at radius 3 is 2.58 bits per heavy atom. The number of ether oxygens (including phenoxy) is 1. The molecule has 2 saturated heterocycles. The van der Waals surface area contributed by atoms with E-state index in [1.165, 1.54) is 6.07 Å². The summed E-state index contributed by atoms with van der Waals surface area (Å²) in [7, 11) is 0. The molecule has 0 aromatic heterocycles. The molecular formula is C15H21FN2O. The largest absolute Gasteiger partial charge is 0.381 e. The van der Waals surface area contributed by atoms with Crippen molar-refractivity contribution >= 4 is 0 Å². The number of nitrogens with zero attached hydrogens (tertiary/aromatic N) is 1. The Balaban J connectivity index is 1.95. The van der Waals surface area contributed by atoms with Gasteiger partial charge in [0, 0.05) is 39.4 Å². The predicted octanol–water partition coefficient (Wildman–Crippen LogP) is 1.74. The van der Waals surface area contributed by atoms with Crippen LogP contribution < -0.4 is 5.32 Å². The topological polar surface area (TPSA) is 24.5 Å². The van der Waals surface area contributed by atoms with Crippen LogP contribution in [0.5, 0.6) is 0 Å². The molecule has 0 saturated carbocycles. The summed E-state index contributed by atoms with van der Waals surface area (Å²) in [5, 5.41) is 3.39. The molecule has 1 aromatic carbocycles. The molecule has 0 amide bonds. The first-order valence-corrected chi connectivity index (χ1v) is 7.11. The monoisotopic (exact) mass is 264 g/mol. The summed E-state index contributed by atoms with van der Waals surface area (Å²) in [6.45, 7) is 5.60. The molecule has 0 aliphatic carbocycles. The lowest BCUT2D eigenvalue weighted by Crippen LogP contribution is -2.56. The van der Waals surface area contributed by atoms with Crippen LogP contribution in [0.3, 0.4) is 0 Å². The lowest BCUT2D eigenvalue weighted by molar-refractivity contribution is -0.0374. The van der Waals surface area contributed by atoms with Crippen LogP contribution in [0.15, 0.2) is 24.3 Å². The van der Waals surface area contributed by atoms with Crippen molar-refractivity contribution in [2.45, 2.75) is 18.4 Å². The van der Waals surface area contributed by atoms with Crippen molar-refractivity contribution in [3.05, 3.63) is 35.6 Å². The van der Waals surface area contributed by atoms with Crippen LogP contribution in [-0.4, -0.2) is 44.3 Å². The minimum Gasteiger partial charge on any atom is -0.381 e. The lowest BCUT2D eigenvalue weighted by Gasteiger charge is -2.48. The molecule has 0 spiro atoms. The van der Waals surface area contributed by atoms with Gasteiger partial charge in [-0.2, -0.15) is 0 Å². The fraction of sp³-hybridized carbons (Fsp3) is 0.600. The Kier molecular flexibility index (Phi) is 3.82. The van der Waals surface area contributed by atoms with Gasteiger partial charge < -0.3 is 10.1 Å². The molecule has 2 aliphatic rings. The van der Waals surface area contributed by atoms with Crippen molar-refractivity contribution in [2.24, 2.45) is 0 Å². The molecule has 0 atom stereocenters. The van der Waals surface area contributed by atoms with Crippen LogP contribution in [0.2, 0.25) is 0 Å². The zero-order chi connectivity index (χ0) is 13.1. The highest BCUT2D eigenvalue weighted by molar-refractivity contribution is 5.26. The highest BCUT2D eigenvalue weighted by atomic mass is 19.1. The third kappa shape index (κ3) is 2.53. The molecule has 0 radical (unpaired) electrons. The number of halogens is 1. The van der Waals surface area contributed by atoms with Crippen molar-refractivity contribution in [3.63, 3.8) is 0 Å². The molecule has 1 N–H and O–H groups in total. The first-order valence-electron chi connectivity index (χ1n) is 7.11. The van der Waals surface area contributed by atoms with Crippen molar-refractivity contribution in [2.75, 3.05) is 39.4 Å². The molecule has 2 fully saturated rings. The maximum Gasteiger partial charge on any atom is 0.123 e. The smallest absolute Gasteiger partial charge is 0.123 e. The molecule has 4 heteroatoms. The molecule has 1 aromatic rings. The van der Waals surface area contributed by atoms with Crippen LogP contribution in [0.1, 0.15) is 18.4 Å². The molecule has 0 bridgehead atoms. The maximum atomic E-state index is 13.6. The van der Waals surface area contributed by atoms with Gasteiger partial charge >= 0.3 is 0 Å². The summed E-state index contributed by atoms with van der Waals surface area (Å²) in [5.41, 5.74) is 1.07. The highest BCUT2D eigenvalue weighted by Gasteiger charge is 2.40. The van der Waals surface area contributed by atoms with Gasteiger partial charge in [-0.3, -0.25) is 4.90 Å². The van der Waals surface area contributed by atoms with Gasteiger partial charge in [0.15, 0.2) is 0 Å². The minimum absolute atomic E-state index is 0.0392. The van der Waals surface area contributed by atoms with E-state index < -0.39 is 0 Å². The quantitative estimate of drug-likeness (QED) is 0.880. The van der Waals surface area contributed by atoms with Crippen LogP contribution in [0, 0.1) is 5.82 Å². The van der Waals surface area contributed by atoms with Crippen LogP contribution in [0.25, 0.3) is 0 Å². The Morgan fingerprint density at radius 2 is 1.89 bits per heavy atom. The zero-order valence-electron chi connectivity index (χ0n) is 11.2. The fourth-order valence-corrected chi connectivity index (χ4v) is 3.37. The van der Waals surface area contributed by atoms with Crippen molar-refractivity contribution in [3.8, 4) is 0 Å². The Morgan fingerprint density at radius 1 is 1.16 bits per heavy atom. The second-order valence-corrected chi connectivity index (χ2v) is 5.39. The molecule has 2 aliphatic heterocycles. The van der Waals surface area contributed by atoms with E-state index >= 15 is 0 Å². The molecular weight excluding hydrogens is 243 g/mol. The van der Waals surface area contributed by atoms with E-state index in [-0.39, 0.29) is 11.4 Å². The van der Waals surface area contributed by atoms with Gasteiger partial charge in [0.2, 0.25) is 0 Å². The van der Waals surface area contributed by atoms with E-state index in [9.17, 15) is 4.39 Å². The number of piperazine rings is 1. The number of rotatable bonds is 2. The standard InChI is InChI=1S/C15H21FN2O/c16-14-3-1-2-13(12-14)15(4-10-19-11-5-15)18-8-6-17-7-9-18/h1-3,12,17H,4-11H2. The van der Waals surface area contributed by atoms with Crippen molar-refractivity contribution in [1.29, 1.82) is 0 Å². The van der Waals surface area contributed by atoms with E-state index in [0.717, 1.165) is 57.8 Å². The summed E-state index contributed by atoms with van der Waals surface area (Å²) in [4.78, 5) is 2.51. The third-order valence-electron chi connectivity index (χ3n) is 4.40. The zero-order valence-corrected chi connectivity index (χ0v) is 11.2. The Labute approximate surface area is 113 Å². The lowest BCUT2D eigenvalue weighted by atomic mass is 9.80. The van der Waals surface area contributed by atoms with Gasteiger partial charge in [-0.25, -0.2) is 4.39 Å². The van der Waals surface area contributed by atoms with Crippen LogP contribution >= 0.6 is 0 Å². The van der Waals surface area contributed by atoms with E-state index in [4.69, 9.17) is 4.74 Å². The minimum atomic E-state index is -0.140. The molecule has 2 heterocycles. The third-order valence-corrected chi connectivity index (χ3v) is 4.40. The van der Waals surface area contributed by atoms with E-state index in [2.05, 4.69) is 16.3 Å². The number of benzene rings is 1. The van der Waals surface area contributed by atoms with Crippen molar-refractivity contribution in [1.82, 2.24) is 10.2 Å². The average Bonchev–Trinajstić information content (AvgIpc) is 2.49. The van der Waals surface area contributed by atoms with Crippen LogP contribution in [-0.2, 0) is 10.3 Å². The van der Waals surface area contributed by atoms with Gasteiger partial charge in [0.05, 0.1) is 5.54 Å². The van der Waals surface area contributed by atoms with Gasteiger partial charge in [-0.1, -0.05) is 12.1 Å².